The molecule has 1 amide bonds. The minimum atomic E-state index is -0.0704. The molecular weight excluding hydrogens is 258 g/mol. The van der Waals surface area contributed by atoms with Gasteiger partial charge in [-0.2, -0.15) is 0 Å². The number of pyridine rings is 1. The Kier molecular flexibility index (Phi) is 3.21. The Hall–Kier alpha value is -1.88. The van der Waals surface area contributed by atoms with Crippen LogP contribution in [-0.4, -0.2) is 16.9 Å². The Morgan fingerprint density at radius 2 is 2.37 bits per heavy atom. The molecule has 3 N–H and O–H groups in total. The molecule has 0 bridgehead atoms. The first kappa shape index (κ1) is 12.2. The summed E-state index contributed by atoms with van der Waals surface area (Å²) in [5, 5.41) is 3.97. The van der Waals surface area contributed by atoms with Crippen LogP contribution in [0.1, 0.15) is 28.9 Å². The quantitative estimate of drug-likeness (QED) is 0.827. The smallest absolute Gasteiger partial charge is 0.263 e. The van der Waals surface area contributed by atoms with Crippen LogP contribution in [0.4, 0.5) is 5.69 Å². The molecule has 0 radical (unpaired) electrons. The number of nitrogens with two attached hydrogens (primary N) is 1. The molecule has 0 spiro atoms. The molecule has 1 atom stereocenters. The average Bonchev–Trinajstić information content (AvgIpc) is 2.78. The standard InChI is InChI=1S/C14H15N3OS/c15-12-10-6-7-16-8-11(10)19-13(12)14(18)17-9-4-2-1-3-5-9/h1-2,6-9H,3-5,15H2,(H,17,18). The number of hydrogen-bond acceptors (Lipinski definition) is 4. The molecule has 1 aliphatic rings. The molecule has 5 heteroatoms. The molecule has 4 nitrogen and oxygen atoms in total. The van der Waals surface area contributed by atoms with Crippen LogP contribution >= 0.6 is 11.3 Å². The molecule has 1 aliphatic carbocycles. The summed E-state index contributed by atoms with van der Waals surface area (Å²) < 4.78 is 0.952. The van der Waals surface area contributed by atoms with Gasteiger partial charge in [0.05, 0.1) is 10.4 Å². The molecule has 0 saturated heterocycles. The summed E-state index contributed by atoms with van der Waals surface area (Å²) in [6.07, 6.45) is 10.6. The highest BCUT2D eigenvalue weighted by Gasteiger charge is 2.19. The maximum atomic E-state index is 12.3. The first-order valence-electron chi connectivity index (χ1n) is 6.33. The second-order valence-corrected chi connectivity index (χ2v) is 5.72. The molecule has 19 heavy (non-hydrogen) atoms. The Morgan fingerprint density at radius 3 is 3.11 bits per heavy atom. The predicted octanol–water partition coefficient (Wildman–Crippen LogP) is 2.72. The third-order valence-corrected chi connectivity index (χ3v) is 4.50. The Morgan fingerprint density at radius 1 is 1.47 bits per heavy atom. The molecule has 1 unspecified atom stereocenters. The topological polar surface area (TPSA) is 68.0 Å². The van der Waals surface area contributed by atoms with E-state index in [1.54, 1.807) is 12.4 Å². The number of thiophene rings is 1. The Bertz CT molecular complexity index is 647. The fourth-order valence-corrected chi connectivity index (χ4v) is 3.31. The van der Waals surface area contributed by atoms with E-state index >= 15 is 0 Å². The van der Waals surface area contributed by atoms with Crippen molar-refractivity contribution in [1.29, 1.82) is 0 Å². The number of hydrogen-bond donors (Lipinski definition) is 2. The lowest BCUT2D eigenvalue weighted by Gasteiger charge is -2.18. The lowest BCUT2D eigenvalue weighted by molar-refractivity contribution is 0.0939. The van der Waals surface area contributed by atoms with E-state index in [4.69, 9.17) is 5.73 Å². The fraction of sp³-hybridized carbons (Fsp3) is 0.286. The Balaban J connectivity index is 1.85. The third kappa shape index (κ3) is 2.33. The minimum Gasteiger partial charge on any atom is -0.397 e. The van der Waals surface area contributed by atoms with Crippen LogP contribution in [0.5, 0.6) is 0 Å². The van der Waals surface area contributed by atoms with Crippen LogP contribution in [-0.2, 0) is 0 Å². The number of aromatic nitrogens is 1. The number of amides is 1. The summed E-state index contributed by atoms with van der Waals surface area (Å²) >= 11 is 1.40. The number of fused-ring (bicyclic) bond motifs is 1. The van der Waals surface area contributed by atoms with Crippen molar-refractivity contribution in [3.63, 3.8) is 0 Å². The highest BCUT2D eigenvalue weighted by molar-refractivity contribution is 7.21. The van der Waals surface area contributed by atoms with Crippen LogP contribution in [0.3, 0.4) is 0 Å². The monoisotopic (exact) mass is 273 g/mol. The lowest BCUT2D eigenvalue weighted by Crippen LogP contribution is -2.35. The maximum absolute atomic E-state index is 12.3. The van der Waals surface area contributed by atoms with E-state index in [1.165, 1.54) is 11.3 Å². The zero-order valence-electron chi connectivity index (χ0n) is 10.4. The van der Waals surface area contributed by atoms with E-state index in [0.717, 1.165) is 29.3 Å². The second kappa shape index (κ2) is 5.01. The summed E-state index contributed by atoms with van der Waals surface area (Å²) in [6, 6.07) is 2.07. The number of nitrogens with one attached hydrogen (secondary N) is 1. The first-order chi connectivity index (χ1) is 9.25. The highest BCUT2D eigenvalue weighted by Crippen LogP contribution is 2.32. The molecule has 2 aromatic heterocycles. The number of nitrogens with zero attached hydrogens (tertiary/aromatic N) is 1. The molecule has 0 saturated carbocycles. The average molecular weight is 273 g/mol. The highest BCUT2D eigenvalue weighted by atomic mass is 32.1. The van der Waals surface area contributed by atoms with E-state index in [1.807, 2.05) is 6.07 Å². The van der Waals surface area contributed by atoms with Gasteiger partial charge in [0.15, 0.2) is 0 Å². The van der Waals surface area contributed by atoms with E-state index in [2.05, 4.69) is 22.5 Å². The van der Waals surface area contributed by atoms with Crippen molar-refractivity contribution in [2.24, 2.45) is 0 Å². The van der Waals surface area contributed by atoms with Crippen molar-refractivity contribution >= 4 is 33.0 Å². The molecule has 2 heterocycles. The number of allylic oxidation sites excluding steroid dienone is 1. The van der Waals surface area contributed by atoms with Gasteiger partial charge in [0.1, 0.15) is 4.88 Å². The second-order valence-electron chi connectivity index (χ2n) is 4.67. The normalized spacial score (nSPS) is 18.6. The number of nitrogen functional groups attached to an aromatic ring is 1. The molecule has 3 rings (SSSR count). The summed E-state index contributed by atoms with van der Waals surface area (Å²) in [7, 11) is 0. The Labute approximate surface area is 115 Å². The zero-order chi connectivity index (χ0) is 13.2. The molecule has 0 fully saturated rings. The van der Waals surface area contributed by atoms with Gasteiger partial charge in [0, 0.05) is 23.8 Å². The van der Waals surface area contributed by atoms with Crippen LogP contribution in [0.25, 0.3) is 10.1 Å². The predicted molar refractivity (Wildman–Crippen MR) is 78.3 cm³/mol. The van der Waals surface area contributed by atoms with Crippen LogP contribution in [0, 0.1) is 0 Å². The fourth-order valence-electron chi connectivity index (χ4n) is 2.32. The van der Waals surface area contributed by atoms with E-state index in [-0.39, 0.29) is 11.9 Å². The van der Waals surface area contributed by atoms with Gasteiger partial charge in [-0.3, -0.25) is 9.78 Å². The van der Waals surface area contributed by atoms with Gasteiger partial charge < -0.3 is 11.1 Å². The number of carbonyl (C=O) groups excluding carboxylic acids is 1. The molecule has 2 aromatic rings. The van der Waals surface area contributed by atoms with E-state index in [0.29, 0.717) is 10.6 Å². The van der Waals surface area contributed by atoms with Crippen molar-refractivity contribution in [3.8, 4) is 0 Å². The van der Waals surface area contributed by atoms with Gasteiger partial charge in [-0.05, 0) is 25.3 Å². The molecule has 0 aromatic carbocycles. The maximum Gasteiger partial charge on any atom is 0.263 e. The summed E-state index contributed by atoms with van der Waals surface area (Å²) in [4.78, 5) is 16.9. The number of anilines is 1. The first-order valence-corrected chi connectivity index (χ1v) is 7.15. The van der Waals surface area contributed by atoms with Gasteiger partial charge in [0.25, 0.3) is 5.91 Å². The van der Waals surface area contributed by atoms with Crippen molar-refractivity contribution in [2.75, 3.05) is 5.73 Å². The third-order valence-electron chi connectivity index (χ3n) is 3.34. The van der Waals surface area contributed by atoms with Crippen molar-refractivity contribution in [1.82, 2.24) is 10.3 Å². The van der Waals surface area contributed by atoms with Gasteiger partial charge in [-0.25, -0.2) is 0 Å². The SMILES string of the molecule is Nc1c(C(=O)NC2CC=CCC2)sc2cnccc12. The van der Waals surface area contributed by atoms with Crippen molar-refractivity contribution in [2.45, 2.75) is 25.3 Å². The molecule has 0 aliphatic heterocycles. The minimum absolute atomic E-state index is 0.0704. The van der Waals surface area contributed by atoms with E-state index in [9.17, 15) is 4.79 Å². The van der Waals surface area contributed by atoms with Gasteiger partial charge in [0.2, 0.25) is 0 Å². The van der Waals surface area contributed by atoms with Crippen LogP contribution < -0.4 is 11.1 Å². The van der Waals surface area contributed by atoms with Crippen LogP contribution in [0.2, 0.25) is 0 Å². The van der Waals surface area contributed by atoms with Crippen molar-refractivity contribution in [3.05, 3.63) is 35.5 Å². The van der Waals surface area contributed by atoms with Crippen molar-refractivity contribution < 1.29 is 4.79 Å². The van der Waals surface area contributed by atoms with Crippen LogP contribution in [0.15, 0.2) is 30.6 Å². The molecular formula is C14H15N3OS. The number of rotatable bonds is 2. The number of carbonyl (C=O) groups is 1. The van der Waals surface area contributed by atoms with Gasteiger partial charge in [-0.1, -0.05) is 12.2 Å². The summed E-state index contributed by atoms with van der Waals surface area (Å²) in [6.45, 7) is 0. The van der Waals surface area contributed by atoms with E-state index < -0.39 is 0 Å². The summed E-state index contributed by atoms with van der Waals surface area (Å²) in [5.41, 5.74) is 6.61. The van der Waals surface area contributed by atoms with Gasteiger partial charge >= 0.3 is 0 Å². The molecule has 98 valence electrons. The van der Waals surface area contributed by atoms with Gasteiger partial charge in [-0.15, -0.1) is 11.3 Å². The largest absolute Gasteiger partial charge is 0.397 e. The zero-order valence-corrected chi connectivity index (χ0v) is 11.2. The summed E-state index contributed by atoms with van der Waals surface area (Å²) in [5.74, 6) is -0.0704. The lowest BCUT2D eigenvalue weighted by atomic mass is 10.0.